The predicted octanol–water partition coefficient (Wildman–Crippen LogP) is 8.98. The van der Waals surface area contributed by atoms with E-state index >= 15 is 0 Å². The summed E-state index contributed by atoms with van der Waals surface area (Å²) in [6, 6.07) is 47.1. The number of hydroxylamine groups is 1. The molecule has 2 aromatic heterocycles. The molecular formula is C37H28N5OPt-. The van der Waals surface area contributed by atoms with Crippen LogP contribution in [0, 0.1) is 19.1 Å². The van der Waals surface area contributed by atoms with E-state index in [1.54, 1.807) is 11.1 Å². The number of hydrogen-bond acceptors (Lipinski definition) is 4. The average molecular weight is 757 g/mol. The topological polar surface area (TPSA) is 40.3 Å². The van der Waals surface area contributed by atoms with Crippen LogP contribution in [0.2, 0.25) is 0 Å². The van der Waals surface area contributed by atoms with E-state index < -0.39 is 6.98 Å². The van der Waals surface area contributed by atoms with Gasteiger partial charge in [-0.1, -0.05) is 65.4 Å². The summed E-state index contributed by atoms with van der Waals surface area (Å²) in [7, 11) is 0. The summed E-state index contributed by atoms with van der Waals surface area (Å²) < 4.78 is 26.3. The van der Waals surface area contributed by atoms with Gasteiger partial charge in [0.15, 0.2) is 0 Å². The third-order valence-electron chi connectivity index (χ3n) is 7.70. The first-order chi connectivity index (χ1) is 22.4. The second-order valence-corrected chi connectivity index (χ2v) is 10.4. The summed E-state index contributed by atoms with van der Waals surface area (Å²) in [4.78, 5) is 11.3. The Kier molecular flexibility index (Phi) is 6.30. The fourth-order valence-corrected chi connectivity index (χ4v) is 5.76. The first-order valence-electron chi connectivity index (χ1n) is 15.5. The van der Waals surface area contributed by atoms with Gasteiger partial charge in [-0.05, 0) is 60.3 Å². The van der Waals surface area contributed by atoms with Crippen molar-refractivity contribution in [2.24, 2.45) is 0 Å². The number of aromatic nitrogens is 2. The Morgan fingerprint density at radius 2 is 1.52 bits per heavy atom. The molecule has 3 heterocycles. The summed E-state index contributed by atoms with van der Waals surface area (Å²) in [5, 5.41) is 4.91. The molecule has 0 spiro atoms. The van der Waals surface area contributed by atoms with Crippen molar-refractivity contribution >= 4 is 55.9 Å². The largest absolute Gasteiger partial charge is 0.358 e. The summed E-state index contributed by atoms with van der Waals surface area (Å²) in [6.07, 6.45) is 1.83. The van der Waals surface area contributed by atoms with E-state index in [0.29, 0.717) is 17.1 Å². The first kappa shape index (κ1) is 24.5. The molecule has 0 amide bonds. The average Bonchev–Trinajstić information content (AvgIpc) is 3.62. The van der Waals surface area contributed by atoms with Crippen molar-refractivity contribution in [1.29, 1.82) is 0 Å². The maximum Gasteiger partial charge on any atom is 0.145 e. The first-order valence-corrected chi connectivity index (χ1v) is 14.0. The molecule has 0 radical (unpaired) electrons. The van der Waals surface area contributed by atoms with Crippen LogP contribution in [0.15, 0.2) is 128 Å². The van der Waals surface area contributed by atoms with Gasteiger partial charge in [0, 0.05) is 44.2 Å². The Hall–Kier alpha value is -4.90. The molecule has 7 heteroatoms. The zero-order chi connectivity index (χ0) is 31.4. The van der Waals surface area contributed by atoms with Crippen molar-refractivity contribution in [3.63, 3.8) is 0 Å². The number of nitrogens with zero attached hydrogens (tertiary/aromatic N) is 5. The van der Waals surface area contributed by atoms with Gasteiger partial charge in [-0.2, -0.15) is 17.1 Å². The second kappa shape index (κ2) is 11.3. The van der Waals surface area contributed by atoms with Crippen molar-refractivity contribution in [3.05, 3.63) is 145 Å². The summed E-state index contributed by atoms with van der Waals surface area (Å²) in [5.41, 5.74) is 7.35. The molecule has 0 saturated carbocycles. The van der Waals surface area contributed by atoms with Crippen molar-refractivity contribution < 1.29 is 30.1 Å². The van der Waals surface area contributed by atoms with Crippen molar-refractivity contribution in [2.45, 2.75) is 6.92 Å². The van der Waals surface area contributed by atoms with Gasteiger partial charge in [-0.3, -0.25) is 0 Å². The molecule has 0 bridgehead atoms. The third-order valence-corrected chi connectivity index (χ3v) is 7.70. The molecule has 0 saturated heterocycles. The van der Waals surface area contributed by atoms with E-state index in [4.69, 9.17) is 9.10 Å². The normalized spacial score (nSPS) is 13.7. The zero-order valence-electron chi connectivity index (χ0n) is 26.6. The van der Waals surface area contributed by atoms with E-state index in [9.17, 15) is 0 Å². The number of para-hydroxylation sites is 4. The number of benzene rings is 5. The number of fused-ring (bicyclic) bond motifs is 4. The van der Waals surface area contributed by atoms with Gasteiger partial charge >= 0.3 is 0 Å². The minimum atomic E-state index is -2.44. The summed E-state index contributed by atoms with van der Waals surface area (Å²) in [5.74, 6) is 0.826. The molecular weight excluding hydrogens is 726 g/mol. The molecule has 6 nitrogen and oxygen atoms in total. The molecule has 7 aromatic rings. The van der Waals surface area contributed by atoms with Gasteiger partial charge in [0.2, 0.25) is 0 Å². The predicted molar refractivity (Wildman–Crippen MR) is 174 cm³/mol. The van der Waals surface area contributed by atoms with Gasteiger partial charge in [-0.25, -0.2) is 4.98 Å². The Labute approximate surface area is 274 Å². The molecule has 0 unspecified atom stereocenters. The van der Waals surface area contributed by atoms with Gasteiger partial charge in [0.25, 0.3) is 0 Å². The number of hydrogen-bond donors (Lipinski definition) is 0. The van der Waals surface area contributed by atoms with Crippen molar-refractivity contribution in [1.82, 2.24) is 9.55 Å². The Morgan fingerprint density at radius 1 is 0.750 bits per heavy atom. The van der Waals surface area contributed by atoms with Crippen LogP contribution in [0.25, 0.3) is 27.6 Å². The van der Waals surface area contributed by atoms with Gasteiger partial charge in [-0.15, -0.1) is 45.8 Å². The van der Waals surface area contributed by atoms with Crippen LogP contribution in [-0.4, -0.2) is 21.5 Å². The quantitative estimate of drug-likeness (QED) is 0.130. The van der Waals surface area contributed by atoms with Crippen molar-refractivity contribution in [3.8, 4) is 5.82 Å². The van der Waals surface area contributed by atoms with E-state index in [-0.39, 0.29) is 21.1 Å². The van der Waals surface area contributed by atoms with Crippen LogP contribution < -0.4 is 15.0 Å². The van der Waals surface area contributed by atoms with Crippen LogP contribution in [0.1, 0.15) is 9.68 Å². The molecule has 1 aliphatic heterocycles. The number of pyridine rings is 1. The van der Waals surface area contributed by atoms with Crippen molar-refractivity contribution in [2.75, 3.05) is 22.0 Å². The SMILES string of the molecule is [2H]C([2H])([2H])N1[OH+]N(c2[c-]c(N(c3[c-]c4c(cc3)c3ccccc3n4-c3cc(C)ccn3)c3ccccc3)ccc2)c2ccccc21.[Pt]. The van der Waals surface area contributed by atoms with Crippen LogP contribution in [0.3, 0.4) is 0 Å². The molecule has 5 aromatic carbocycles. The zero-order valence-corrected chi connectivity index (χ0v) is 25.9. The van der Waals surface area contributed by atoms with Gasteiger partial charge in [0.1, 0.15) is 17.2 Å². The molecule has 1 aliphatic rings. The smallest absolute Gasteiger partial charge is 0.145 e. The molecule has 0 aliphatic carbocycles. The second-order valence-electron chi connectivity index (χ2n) is 10.4. The molecule has 218 valence electrons. The Bertz CT molecular complexity index is 2240. The number of rotatable bonds is 5. The van der Waals surface area contributed by atoms with E-state index in [2.05, 4.69) is 69.9 Å². The molecule has 8 rings (SSSR count). The fraction of sp³-hybridized carbons (Fsp3) is 0.0541. The maximum absolute atomic E-state index is 8.05. The van der Waals surface area contributed by atoms with Crippen LogP contribution in [0.4, 0.5) is 34.1 Å². The number of aryl methyl sites for hydroxylation is 1. The van der Waals surface area contributed by atoms with E-state index in [1.807, 2.05) is 85.1 Å². The van der Waals surface area contributed by atoms with E-state index in [1.165, 1.54) is 0 Å². The van der Waals surface area contributed by atoms with Gasteiger partial charge in [0.05, 0.1) is 11.1 Å². The summed E-state index contributed by atoms with van der Waals surface area (Å²) >= 11 is 0. The Balaban J connectivity index is 0.00000351. The third kappa shape index (κ3) is 4.64. The molecule has 1 N–H and O–H groups in total. The van der Waals surface area contributed by atoms with Gasteiger partial charge < -0.3 is 9.47 Å². The molecule has 0 fully saturated rings. The maximum atomic E-state index is 8.05. The minimum Gasteiger partial charge on any atom is -0.358 e. The van der Waals surface area contributed by atoms with Crippen LogP contribution in [-0.2, 0) is 21.1 Å². The standard InChI is InChI=1S/C37H27N5O.Pt/c1-26-21-22-38-37(23-26)41-33-16-7-6-15-31(33)32-20-19-29(25-36(32)41)40(27-11-4-3-5-12-27)28-13-10-14-30(24-28)42-35-18-9-8-17-34(35)39(2)43-42;/h3-23H,1-2H3;/q-2;/p+1/i2D3;. The molecule has 44 heavy (non-hydrogen) atoms. The summed E-state index contributed by atoms with van der Waals surface area (Å²) in [6.45, 7) is -0.371. The van der Waals surface area contributed by atoms with Crippen LogP contribution in [0.5, 0.6) is 0 Å². The monoisotopic (exact) mass is 756 g/mol. The minimum absolute atomic E-state index is 0. The Morgan fingerprint density at radius 3 is 2.36 bits per heavy atom. The van der Waals surface area contributed by atoms with Crippen LogP contribution >= 0.6 is 0 Å². The molecule has 0 atom stereocenters. The van der Waals surface area contributed by atoms with E-state index in [0.717, 1.165) is 55.3 Å². The number of anilines is 6. The fourth-order valence-electron chi connectivity index (χ4n) is 5.76.